The number of hydrogen-bond donors (Lipinski definition) is 1. The molecule has 0 saturated heterocycles. The molecule has 0 spiro atoms. The first kappa shape index (κ1) is 14.6. The van der Waals surface area contributed by atoms with Crippen LogP contribution in [0.1, 0.15) is 55.1 Å². The number of rotatable bonds is 3. The Bertz CT molecular complexity index is 444. The second kappa shape index (κ2) is 6.55. The number of hydrogen-bond acceptors (Lipinski definition) is 2. The number of nitrogens with zero attached hydrogens (tertiary/aromatic N) is 2. The largest absolute Gasteiger partial charge is 0.348 e. The average molecular weight is 328 g/mol. The highest BCUT2D eigenvalue weighted by atomic mass is 79.9. The first-order valence-electron chi connectivity index (χ1n) is 7.09. The molecule has 1 N–H and O–H groups in total. The molecule has 2 unspecified atom stereocenters. The summed E-state index contributed by atoms with van der Waals surface area (Å²) in [6.45, 7) is 2.03. The smallest absolute Gasteiger partial charge is 0.255 e. The second-order valence-electron chi connectivity index (χ2n) is 5.25. The first-order valence-corrected chi connectivity index (χ1v) is 8.00. The number of nitrogens with one attached hydrogen (secondary N) is 1. The normalized spacial score (nSPS) is 23.9. The Morgan fingerprint density at radius 1 is 1.47 bits per heavy atom. The molecule has 0 radical (unpaired) electrons. The number of aromatic nitrogens is 2. The van der Waals surface area contributed by atoms with Gasteiger partial charge in [-0.1, -0.05) is 42.1 Å². The summed E-state index contributed by atoms with van der Waals surface area (Å²) >= 11 is 3.71. The fraction of sp³-hybridized carbons (Fsp3) is 0.714. The van der Waals surface area contributed by atoms with Crippen molar-refractivity contribution in [2.45, 2.75) is 56.3 Å². The van der Waals surface area contributed by atoms with E-state index in [0.29, 0.717) is 10.4 Å². The lowest BCUT2D eigenvalue weighted by Crippen LogP contribution is -2.40. The zero-order valence-corrected chi connectivity index (χ0v) is 13.2. The molecule has 0 aliphatic heterocycles. The Labute approximate surface area is 123 Å². The Hall–Kier alpha value is -0.840. The molecule has 106 valence electrons. The zero-order valence-electron chi connectivity index (χ0n) is 11.7. The van der Waals surface area contributed by atoms with Gasteiger partial charge in [0.05, 0.1) is 11.3 Å². The number of alkyl halides is 1. The van der Waals surface area contributed by atoms with Crippen LogP contribution in [0.5, 0.6) is 0 Å². The van der Waals surface area contributed by atoms with Crippen molar-refractivity contribution in [3.8, 4) is 0 Å². The molecule has 1 aliphatic rings. The number of carbonyl (C=O) groups is 1. The number of halogens is 1. The van der Waals surface area contributed by atoms with Crippen LogP contribution in [0.2, 0.25) is 0 Å². The minimum absolute atomic E-state index is 0.0151. The van der Waals surface area contributed by atoms with Gasteiger partial charge in [0.25, 0.3) is 5.91 Å². The molecule has 2 atom stereocenters. The van der Waals surface area contributed by atoms with E-state index in [1.807, 2.05) is 20.2 Å². The molecule has 1 aliphatic carbocycles. The Morgan fingerprint density at radius 3 is 2.95 bits per heavy atom. The SMILES string of the molecule is CCc1nn(C)cc1C(=O)NC1CCCCCC1Br. The van der Waals surface area contributed by atoms with Gasteiger partial charge in [-0.25, -0.2) is 0 Å². The summed E-state index contributed by atoms with van der Waals surface area (Å²) in [5.41, 5.74) is 1.59. The minimum atomic E-state index is 0.0151. The molecular weight excluding hydrogens is 306 g/mol. The van der Waals surface area contributed by atoms with Gasteiger partial charge in [-0.15, -0.1) is 0 Å². The molecule has 1 aromatic rings. The maximum absolute atomic E-state index is 12.4. The van der Waals surface area contributed by atoms with Crippen LogP contribution in [0.4, 0.5) is 0 Å². The Balaban J connectivity index is 2.06. The van der Waals surface area contributed by atoms with Crippen molar-refractivity contribution in [3.05, 3.63) is 17.5 Å². The van der Waals surface area contributed by atoms with Crippen LogP contribution >= 0.6 is 15.9 Å². The third-order valence-electron chi connectivity index (χ3n) is 3.73. The monoisotopic (exact) mass is 327 g/mol. The average Bonchev–Trinajstić information content (AvgIpc) is 2.66. The Kier molecular flexibility index (Phi) is 5.02. The molecule has 5 heteroatoms. The fourth-order valence-corrected chi connectivity index (χ4v) is 3.38. The minimum Gasteiger partial charge on any atom is -0.348 e. The Morgan fingerprint density at radius 2 is 2.21 bits per heavy atom. The van der Waals surface area contributed by atoms with Crippen LogP contribution in [-0.4, -0.2) is 26.6 Å². The lowest BCUT2D eigenvalue weighted by atomic mass is 10.1. The number of aryl methyl sites for hydroxylation is 2. The van der Waals surface area contributed by atoms with Crippen LogP contribution < -0.4 is 5.32 Å². The quantitative estimate of drug-likeness (QED) is 0.685. The summed E-state index contributed by atoms with van der Waals surface area (Å²) in [5, 5.41) is 7.50. The van der Waals surface area contributed by atoms with E-state index in [2.05, 4.69) is 26.3 Å². The molecular formula is C14H22BrN3O. The van der Waals surface area contributed by atoms with Gasteiger partial charge in [-0.2, -0.15) is 5.10 Å². The van der Waals surface area contributed by atoms with Gasteiger partial charge in [0.15, 0.2) is 0 Å². The van der Waals surface area contributed by atoms with Gasteiger partial charge in [0.1, 0.15) is 0 Å². The summed E-state index contributed by atoms with van der Waals surface area (Å²) < 4.78 is 1.71. The van der Waals surface area contributed by atoms with E-state index in [1.165, 1.54) is 19.3 Å². The van der Waals surface area contributed by atoms with E-state index in [1.54, 1.807) is 4.68 Å². The maximum atomic E-state index is 12.4. The molecule has 0 bridgehead atoms. The van der Waals surface area contributed by atoms with Crippen molar-refractivity contribution >= 4 is 21.8 Å². The lowest BCUT2D eigenvalue weighted by molar-refractivity contribution is 0.0934. The first-order chi connectivity index (χ1) is 9.11. The second-order valence-corrected chi connectivity index (χ2v) is 6.43. The van der Waals surface area contributed by atoms with Crippen molar-refractivity contribution < 1.29 is 4.79 Å². The highest BCUT2D eigenvalue weighted by molar-refractivity contribution is 9.09. The van der Waals surface area contributed by atoms with Gasteiger partial charge in [0, 0.05) is 24.1 Å². The van der Waals surface area contributed by atoms with Crippen molar-refractivity contribution in [2.24, 2.45) is 7.05 Å². The molecule has 1 amide bonds. The van der Waals surface area contributed by atoms with E-state index < -0.39 is 0 Å². The molecule has 4 nitrogen and oxygen atoms in total. The van der Waals surface area contributed by atoms with Gasteiger partial charge in [0.2, 0.25) is 0 Å². The van der Waals surface area contributed by atoms with Gasteiger partial charge in [-0.05, 0) is 19.3 Å². The van der Waals surface area contributed by atoms with Crippen LogP contribution in [0, 0.1) is 0 Å². The van der Waals surface area contributed by atoms with E-state index in [0.717, 1.165) is 25.0 Å². The molecule has 1 fully saturated rings. The molecule has 19 heavy (non-hydrogen) atoms. The highest BCUT2D eigenvalue weighted by Gasteiger charge is 2.24. The molecule has 0 aromatic carbocycles. The fourth-order valence-electron chi connectivity index (χ4n) is 2.66. The van der Waals surface area contributed by atoms with Crippen LogP contribution in [0.15, 0.2) is 6.20 Å². The predicted octanol–water partition coefficient (Wildman–Crippen LogP) is 2.81. The third kappa shape index (κ3) is 3.59. The van der Waals surface area contributed by atoms with E-state index in [9.17, 15) is 4.79 Å². The third-order valence-corrected chi connectivity index (χ3v) is 4.83. The van der Waals surface area contributed by atoms with E-state index >= 15 is 0 Å². The summed E-state index contributed by atoms with van der Waals surface area (Å²) in [4.78, 5) is 12.8. The number of amides is 1. The van der Waals surface area contributed by atoms with Crippen molar-refractivity contribution in [2.75, 3.05) is 0 Å². The number of carbonyl (C=O) groups excluding carboxylic acids is 1. The van der Waals surface area contributed by atoms with Crippen LogP contribution in [-0.2, 0) is 13.5 Å². The lowest BCUT2D eigenvalue weighted by Gasteiger charge is -2.21. The van der Waals surface area contributed by atoms with Crippen molar-refractivity contribution in [1.82, 2.24) is 15.1 Å². The maximum Gasteiger partial charge on any atom is 0.255 e. The molecule has 1 saturated carbocycles. The van der Waals surface area contributed by atoms with Crippen molar-refractivity contribution in [1.29, 1.82) is 0 Å². The predicted molar refractivity (Wildman–Crippen MR) is 79.6 cm³/mol. The molecule has 2 rings (SSSR count). The van der Waals surface area contributed by atoms with Crippen LogP contribution in [0.25, 0.3) is 0 Å². The highest BCUT2D eigenvalue weighted by Crippen LogP contribution is 2.24. The topological polar surface area (TPSA) is 46.9 Å². The summed E-state index contributed by atoms with van der Waals surface area (Å²) in [6, 6.07) is 0.236. The molecule has 1 aromatic heterocycles. The van der Waals surface area contributed by atoms with Gasteiger partial charge in [-0.3, -0.25) is 9.48 Å². The van der Waals surface area contributed by atoms with E-state index in [-0.39, 0.29) is 11.9 Å². The zero-order chi connectivity index (χ0) is 13.8. The summed E-state index contributed by atoms with van der Waals surface area (Å²) in [6.07, 6.45) is 8.50. The van der Waals surface area contributed by atoms with Crippen molar-refractivity contribution in [3.63, 3.8) is 0 Å². The van der Waals surface area contributed by atoms with E-state index in [4.69, 9.17) is 0 Å². The van der Waals surface area contributed by atoms with Gasteiger partial charge < -0.3 is 5.32 Å². The summed E-state index contributed by atoms with van der Waals surface area (Å²) in [7, 11) is 1.86. The van der Waals surface area contributed by atoms with Gasteiger partial charge >= 0.3 is 0 Å². The van der Waals surface area contributed by atoms with Crippen LogP contribution in [0.3, 0.4) is 0 Å². The summed E-state index contributed by atoms with van der Waals surface area (Å²) in [5.74, 6) is 0.0151. The standard InChI is InChI=1S/C14H22BrN3O/c1-3-12-10(9-18(2)17-12)14(19)16-13-8-6-4-5-7-11(13)15/h9,11,13H,3-8H2,1-2H3,(H,16,19). The molecule has 1 heterocycles.